The highest BCUT2D eigenvalue weighted by atomic mass is 16.4. The maximum atomic E-state index is 10.8. The molecule has 86 valence electrons. The van der Waals surface area contributed by atoms with E-state index in [0.29, 0.717) is 6.04 Å². The Morgan fingerprint density at radius 2 is 2.20 bits per heavy atom. The number of fused-ring (bicyclic) bond motifs is 1. The number of carboxylic acids is 1. The molecule has 0 aromatic carbocycles. The normalized spacial score (nSPS) is 37.3. The maximum absolute atomic E-state index is 10.8. The van der Waals surface area contributed by atoms with Gasteiger partial charge in [0.25, 0.3) is 0 Å². The number of carbonyl (C=O) groups is 1. The number of hydrogen-bond acceptors (Lipinski definition) is 2. The van der Waals surface area contributed by atoms with E-state index in [0.717, 1.165) is 18.4 Å². The van der Waals surface area contributed by atoms with Crippen molar-refractivity contribution in [2.24, 2.45) is 11.8 Å². The van der Waals surface area contributed by atoms with Gasteiger partial charge in [-0.2, -0.15) is 0 Å². The molecule has 1 heterocycles. The smallest absolute Gasteiger partial charge is 0.317 e. The average molecular weight is 211 g/mol. The van der Waals surface area contributed by atoms with Crippen LogP contribution >= 0.6 is 0 Å². The second-order valence-corrected chi connectivity index (χ2v) is 5.25. The van der Waals surface area contributed by atoms with Gasteiger partial charge in [0, 0.05) is 6.04 Å². The maximum Gasteiger partial charge on any atom is 0.317 e. The molecule has 1 saturated heterocycles. The van der Waals surface area contributed by atoms with Crippen molar-refractivity contribution < 1.29 is 9.90 Å². The van der Waals surface area contributed by atoms with E-state index in [1.54, 1.807) is 0 Å². The fraction of sp³-hybridized carbons (Fsp3) is 0.917. The van der Waals surface area contributed by atoms with Gasteiger partial charge in [-0.1, -0.05) is 6.92 Å². The molecule has 3 nitrogen and oxygen atoms in total. The predicted octanol–water partition coefficient (Wildman–Crippen LogP) is 1.97. The molecule has 0 radical (unpaired) electrons. The van der Waals surface area contributed by atoms with Crippen molar-refractivity contribution in [2.45, 2.75) is 45.1 Å². The summed E-state index contributed by atoms with van der Waals surface area (Å²) in [6, 6.07) is 0.561. The molecule has 1 aliphatic heterocycles. The molecule has 0 unspecified atom stereocenters. The molecular formula is C12H21NO2. The Morgan fingerprint density at radius 1 is 1.40 bits per heavy atom. The zero-order chi connectivity index (χ0) is 10.8. The molecule has 3 atom stereocenters. The van der Waals surface area contributed by atoms with Crippen LogP contribution in [0.25, 0.3) is 0 Å². The summed E-state index contributed by atoms with van der Waals surface area (Å²) in [6.45, 7) is 3.56. The number of hydrogen-bond donors (Lipinski definition) is 1. The van der Waals surface area contributed by atoms with Crippen LogP contribution < -0.4 is 0 Å². The van der Waals surface area contributed by atoms with Crippen molar-refractivity contribution in [2.75, 3.05) is 13.1 Å². The van der Waals surface area contributed by atoms with Gasteiger partial charge in [-0.25, -0.2) is 0 Å². The zero-order valence-corrected chi connectivity index (χ0v) is 9.48. The van der Waals surface area contributed by atoms with Crippen molar-refractivity contribution >= 4 is 5.97 Å². The Kier molecular flexibility index (Phi) is 3.29. The summed E-state index contributed by atoms with van der Waals surface area (Å²) < 4.78 is 0. The molecule has 2 aliphatic rings. The number of piperidine rings is 1. The first-order chi connectivity index (χ1) is 7.16. The first-order valence-corrected chi connectivity index (χ1v) is 6.12. The monoisotopic (exact) mass is 211 g/mol. The van der Waals surface area contributed by atoms with E-state index in [9.17, 15) is 4.79 Å². The highest BCUT2D eigenvalue weighted by molar-refractivity contribution is 5.69. The molecule has 1 N–H and O–H groups in total. The molecule has 1 aliphatic carbocycles. The third-order valence-corrected chi connectivity index (χ3v) is 4.03. The number of likely N-dealkylation sites (tertiary alicyclic amines) is 1. The van der Waals surface area contributed by atoms with Crippen LogP contribution in [-0.4, -0.2) is 35.1 Å². The Hall–Kier alpha value is -0.570. The second kappa shape index (κ2) is 4.52. The van der Waals surface area contributed by atoms with Crippen molar-refractivity contribution in [3.8, 4) is 0 Å². The van der Waals surface area contributed by atoms with Crippen LogP contribution in [0.1, 0.15) is 39.0 Å². The minimum absolute atomic E-state index is 0.246. The fourth-order valence-corrected chi connectivity index (χ4v) is 3.37. The van der Waals surface area contributed by atoms with Crippen LogP contribution in [0.5, 0.6) is 0 Å². The third-order valence-electron chi connectivity index (χ3n) is 4.03. The van der Waals surface area contributed by atoms with Crippen molar-refractivity contribution in [1.82, 2.24) is 4.90 Å². The highest BCUT2D eigenvalue weighted by Crippen LogP contribution is 2.37. The van der Waals surface area contributed by atoms with Crippen LogP contribution in [0, 0.1) is 11.8 Å². The summed E-state index contributed by atoms with van der Waals surface area (Å²) >= 11 is 0. The number of carboxylic acid groups (broad SMARTS) is 1. The minimum atomic E-state index is -0.672. The van der Waals surface area contributed by atoms with Crippen molar-refractivity contribution in [3.05, 3.63) is 0 Å². The largest absolute Gasteiger partial charge is 0.480 e. The van der Waals surface area contributed by atoms with Crippen LogP contribution in [0.15, 0.2) is 0 Å². The predicted molar refractivity (Wildman–Crippen MR) is 58.7 cm³/mol. The van der Waals surface area contributed by atoms with Gasteiger partial charge >= 0.3 is 5.97 Å². The van der Waals surface area contributed by atoms with Gasteiger partial charge in [0.05, 0.1) is 6.54 Å². The average Bonchev–Trinajstić information content (AvgIpc) is 2.16. The van der Waals surface area contributed by atoms with E-state index in [1.165, 1.54) is 32.1 Å². The highest BCUT2D eigenvalue weighted by Gasteiger charge is 2.35. The van der Waals surface area contributed by atoms with Gasteiger partial charge in [0.15, 0.2) is 0 Å². The molecule has 2 fully saturated rings. The minimum Gasteiger partial charge on any atom is -0.480 e. The number of rotatable bonds is 2. The second-order valence-electron chi connectivity index (χ2n) is 5.25. The topological polar surface area (TPSA) is 40.5 Å². The molecule has 0 spiro atoms. The van der Waals surface area contributed by atoms with E-state index in [4.69, 9.17) is 5.11 Å². The SMILES string of the molecule is C[C@@H]1CC[C@H]2[C@@H](CCCN2CC(=O)O)C1. The standard InChI is InChI=1S/C12H21NO2/c1-9-4-5-11-10(7-9)3-2-6-13(11)8-12(14)15/h9-11H,2-8H2,1H3,(H,14,15)/t9-,10+,11+/m1/s1. The van der Waals surface area contributed by atoms with Gasteiger partial charge in [0.2, 0.25) is 0 Å². The lowest BCUT2D eigenvalue weighted by atomic mass is 9.74. The molecule has 0 aromatic heterocycles. The van der Waals surface area contributed by atoms with Crippen LogP contribution in [0.2, 0.25) is 0 Å². The Labute approximate surface area is 91.5 Å². The van der Waals surface area contributed by atoms with Crippen LogP contribution in [-0.2, 0) is 4.79 Å². The quantitative estimate of drug-likeness (QED) is 0.759. The van der Waals surface area contributed by atoms with E-state index in [1.807, 2.05) is 0 Å². The Balaban J connectivity index is 1.98. The molecule has 2 rings (SSSR count). The molecule has 3 heteroatoms. The molecule has 1 saturated carbocycles. The lowest BCUT2D eigenvalue weighted by molar-refractivity contribution is -0.140. The molecule has 15 heavy (non-hydrogen) atoms. The third kappa shape index (κ3) is 2.51. The van der Waals surface area contributed by atoms with E-state index < -0.39 is 5.97 Å². The van der Waals surface area contributed by atoms with E-state index >= 15 is 0 Å². The van der Waals surface area contributed by atoms with Gasteiger partial charge in [-0.3, -0.25) is 9.69 Å². The summed E-state index contributed by atoms with van der Waals surface area (Å²) in [5, 5.41) is 8.87. The first kappa shape index (κ1) is 10.9. The zero-order valence-electron chi connectivity index (χ0n) is 9.48. The van der Waals surface area contributed by atoms with Crippen molar-refractivity contribution in [3.63, 3.8) is 0 Å². The van der Waals surface area contributed by atoms with E-state index in [-0.39, 0.29) is 6.54 Å². The molecule has 0 amide bonds. The van der Waals surface area contributed by atoms with Crippen molar-refractivity contribution in [1.29, 1.82) is 0 Å². The summed E-state index contributed by atoms with van der Waals surface area (Å²) in [5.41, 5.74) is 0. The van der Waals surface area contributed by atoms with Gasteiger partial charge in [0.1, 0.15) is 0 Å². The summed E-state index contributed by atoms with van der Waals surface area (Å²) in [7, 11) is 0. The number of aliphatic carboxylic acids is 1. The van der Waals surface area contributed by atoms with E-state index in [2.05, 4.69) is 11.8 Å². The Bertz CT molecular complexity index is 242. The van der Waals surface area contributed by atoms with Gasteiger partial charge in [-0.15, -0.1) is 0 Å². The number of nitrogens with zero attached hydrogens (tertiary/aromatic N) is 1. The lowest BCUT2D eigenvalue weighted by Crippen LogP contribution is -2.49. The summed E-state index contributed by atoms with van der Waals surface area (Å²) in [5.74, 6) is 0.937. The van der Waals surface area contributed by atoms with Gasteiger partial charge in [-0.05, 0) is 50.5 Å². The fourth-order valence-electron chi connectivity index (χ4n) is 3.37. The first-order valence-electron chi connectivity index (χ1n) is 6.12. The lowest BCUT2D eigenvalue weighted by Gasteiger charge is -2.45. The molecular weight excluding hydrogens is 190 g/mol. The molecule has 0 bridgehead atoms. The Morgan fingerprint density at radius 3 is 2.93 bits per heavy atom. The molecule has 0 aromatic rings. The van der Waals surface area contributed by atoms with Crippen LogP contribution in [0.4, 0.5) is 0 Å². The van der Waals surface area contributed by atoms with Crippen LogP contribution in [0.3, 0.4) is 0 Å². The van der Waals surface area contributed by atoms with Gasteiger partial charge < -0.3 is 5.11 Å². The summed E-state index contributed by atoms with van der Waals surface area (Å²) in [4.78, 5) is 13.0. The summed E-state index contributed by atoms with van der Waals surface area (Å²) in [6.07, 6.45) is 6.28.